The first-order chi connectivity index (χ1) is 9.94. The molecular formula is C13H12F3NO4S. The van der Waals surface area contributed by atoms with Crippen LogP contribution in [0.1, 0.15) is 28.6 Å². The number of furan rings is 1. The first-order valence-electron chi connectivity index (χ1n) is 6.08. The molecule has 0 radical (unpaired) electrons. The van der Waals surface area contributed by atoms with Crippen molar-refractivity contribution in [3.05, 3.63) is 29.0 Å². The number of hydrogen-bond donors (Lipinski definition) is 1. The maximum Gasteiger partial charge on any atom is 0.516 e. The van der Waals surface area contributed by atoms with Gasteiger partial charge in [0.05, 0.1) is 5.56 Å². The topological polar surface area (TPSA) is 76.4 Å². The van der Waals surface area contributed by atoms with Gasteiger partial charge >= 0.3 is 15.5 Å². The molecule has 1 aromatic heterocycles. The van der Waals surface area contributed by atoms with E-state index in [2.05, 4.69) is 0 Å². The Labute approximate surface area is 124 Å². The summed E-state index contributed by atoms with van der Waals surface area (Å²) in [6.07, 6.45) is 0. The molecule has 0 bridgehead atoms. The van der Waals surface area contributed by atoms with E-state index in [0.29, 0.717) is 16.9 Å². The number of benzene rings is 1. The molecule has 0 amide bonds. The third-order valence-electron chi connectivity index (χ3n) is 3.06. The molecule has 0 aliphatic carbocycles. The van der Waals surface area contributed by atoms with E-state index in [9.17, 15) is 26.4 Å². The van der Waals surface area contributed by atoms with Gasteiger partial charge in [0.1, 0.15) is 11.3 Å². The lowest BCUT2D eigenvalue weighted by Crippen LogP contribution is -2.29. The number of carbonyl (C=O) groups excluding carboxylic acids is 1. The number of ketones is 1. The van der Waals surface area contributed by atoms with Crippen molar-refractivity contribution in [3.63, 3.8) is 0 Å². The van der Waals surface area contributed by atoms with Gasteiger partial charge < -0.3 is 4.42 Å². The molecule has 1 aromatic carbocycles. The summed E-state index contributed by atoms with van der Waals surface area (Å²) in [5.41, 5.74) is -4.76. The van der Waals surface area contributed by atoms with Crippen molar-refractivity contribution in [2.45, 2.75) is 26.3 Å². The number of aryl methyl sites for hydroxylation is 2. The molecule has 5 nitrogen and oxygen atoms in total. The molecule has 0 saturated carbocycles. The molecule has 2 rings (SSSR count). The molecule has 1 N–H and O–H groups in total. The summed E-state index contributed by atoms with van der Waals surface area (Å²) in [5.74, 6) is -0.00657. The summed E-state index contributed by atoms with van der Waals surface area (Å²) >= 11 is 0. The fourth-order valence-electron chi connectivity index (χ4n) is 2.20. The zero-order valence-electron chi connectivity index (χ0n) is 11.8. The van der Waals surface area contributed by atoms with Gasteiger partial charge in [-0.1, -0.05) is 0 Å². The minimum absolute atomic E-state index is 0.214. The number of nitrogens with one attached hydrogen (secondary N) is 1. The van der Waals surface area contributed by atoms with E-state index < -0.39 is 15.5 Å². The van der Waals surface area contributed by atoms with Crippen LogP contribution in [0, 0.1) is 13.8 Å². The number of hydrogen-bond acceptors (Lipinski definition) is 4. The Morgan fingerprint density at radius 3 is 2.32 bits per heavy atom. The van der Waals surface area contributed by atoms with Crippen LogP contribution in [0.2, 0.25) is 0 Å². The zero-order chi connectivity index (χ0) is 16.9. The summed E-state index contributed by atoms with van der Waals surface area (Å²) in [6.45, 7) is 4.38. The van der Waals surface area contributed by atoms with Gasteiger partial charge in [-0.15, -0.1) is 0 Å². The van der Waals surface area contributed by atoms with Crippen molar-refractivity contribution in [3.8, 4) is 0 Å². The highest BCUT2D eigenvalue weighted by atomic mass is 32.2. The predicted octanol–water partition coefficient (Wildman–Crippen LogP) is 3.51. The van der Waals surface area contributed by atoms with Crippen LogP contribution >= 0.6 is 0 Å². The second-order valence-corrected chi connectivity index (χ2v) is 6.48. The molecule has 2 aromatic rings. The molecule has 9 heteroatoms. The van der Waals surface area contributed by atoms with Gasteiger partial charge in [0, 0.05) is 11.1 Å². The average Bonchev–Trinajstić information content (AvgIpc) is 2.63. The summed E-state index contributed by atoms with van der Waals surface area (Å²) in [7, 11) is -5.53. The number of carbonyl (C=O) groups is 1. The van der Waals surface area contributed by atoms with E-state index in [1.165, 1.54) is 17.7 Å². The molecule has 22 heavy (non-hydrogen) atoms. The van der Waals surface area contributed by atoms with Crippen molar-refractivity contribution < 1.29 is 30.8 Å². The third kappa shape index (κ3) is 2.68. The zero-order valence-corrected chi connectivity index (χ0v) is 12.6. The number of halogens is 3. The largest absolute Gasteiger partial charge is 0.516 e. The normalized spacial score (nSPS) is 12.6. The number of sulfonamides is 1. The maximum absolute atomic E-state index is 12.4. The Bertz CT molecular complexity index is 866. The minimum Gasteiger partial charge on any atom is -0.460 e. The van der Waals surface area contributed by atoms with E-state index in [1.54, 1.807) is 13.8 Å². The molecule has 0 fully saturated rings. The molecule has 120 valence electrons. The number of alkyl halides is 3. The standard InChI is InChI=1S/C13H12F3NO4S/c1-6-4-9(17-22(19,20)13(14,15)16)5-10-11(7(2)18)8(3)21-12(6)10/h4-5,17H,1-3H3. The van der Waals surface area contributed by atoms with Crippen LogP contribution in [0.3, 0.4) is 0 Å². The quantitative estimate of drug-likeness (QED) is 0.871. The van der Waals surface area contributed by atoms with E-state index in [0.717, 1.165) is 6.07 Å². The van der Waals surface area contributed by atoms with Gasteiger partial charge in [-0.2, -0.15) is 21.6 Å². The monoisotopic (exact) mass is 335 g/mol. The van der Waals surface area contributed by atoms with Gasteiger partial charge in [0.25, 0.3) is 0 Å². The van der Waals surface area contributed by atoms with Crippen LogP contribution in [0.25, 0.3) is 11.0 Å². The second-order valence-electron chi connectivity index (χ2n) is 4.81. The minimum atomic E-state index is -5.53. The van der Waals surface area contributed by atoms with Crippen molar-refractivity contribution in [2.24, 2.45) is 0 Å². The Kier molecular flexibility index (Phi) is 3.72. The summed E-state index contributed by atoms with van der Waals surface area (Å²) in [6, 6.07) is 2.36. The maximum atomic E-state index is 12.4. The Morgan fingerprint density at radius 1 is 1.23 bits per heavy atom. The number of anilines is 1. The molecule has 0 aliphatic heterocycles. The van der Waals surface area contributed by atoms with Gasteiger partial charge in [-0.3, -0.25) is 9.52 Å². The summed E-state index contributed by atoms with van der Waals surface area (Å²) in [5, 5.41) is 0.268. The Morgan fingerprint density at radius 2 is 1.82 bits per heavy atom. The van der Waals surface area contributed by atoms with E-state index in [-0.39, 0.29) is 22.4 Å². The highest BCUT2D eigenvalue weighted by Crippen LogP contribution is 2.33. The van der Waals surface area contributed by atoms with E-state index in [4.69, 9.17) is 4.42 Å². The summed E-state index contributed by atoms with van der Waals surface area (Å²) in [4.78, 5) is 11.6. The molecule has 0 aliphatic rings. The van der Waals surface area contributed by atoms with Crippen LogP contribution in [0.4, 0.5) is 18.9 Å². The van der Waals surface area contributed by atoms with Crippen LogP contribution in [0.15, 0.2) is 16.5 Å². The van der Waals surface area contributed by atoms with Gasteiger partial charge in [0.2, 0.25) is 0 Å². The highest BCUT2D eigenvalue weighted by molar-refractivity contribution is 7.93. The first-order valence-corrected chi connectivity index (χ1v) is 7.56. The first kappa shape index (κ1) is 16.3. The molecule has 0 spiro atoms. The van der Waals surface area contributed by atoms with Crippen molar-refractivity contribution in [1.82, 2.24) is 0 Å². The van der Waals surface area contributed by atoms with Crippen LogP contribution < -0.4 is 4.72 Å². The Hall–Kier alpha value is -2.03. The van der Waals surface area contributed by atoms with Crippen molar-refractivity contribution in [1.29, 1.82) is 0 Å². The molecule has 1 heterocycles. The molecular weight excluding hydrogens is 323 g/mol. The lowest BCUT2D eigenvalue weighted by Gasteiger charge is -2.11. The third-order valence-corrected chi connectivity index (χ3v) is 4.17. The number of Topliss-reactive ketones (excluding diaryl/α,β-unsaturated/α-hetero) is 1. The number of fused-ring (bicyclic) bond motifs is 1. The van der Waals surface area contributed by atoms with Gasteiger partial charge in [-0.25, -0.2) is 0 Å². The average molecular weight is 335 g/mol. The fraction of sp³-hybridized carbons (Fsp3) is 0.308. The van der Waals surface area contributed by atoms with Gasteiger partial charge in [0.15, 0.2) is 5.78 Å². The highest BCUT2D eigenvalue weighted by Gasteiger charge is 2.46. The molecule has 0 unspecified atom stereocenters. The van der Waals surface area contributed by atoms with Gasteiger partial charge in [-0.05, 0) is 38.5 Å². The molecule has 0 atom stereocenters. The number of rotatable bonds is 3. The Balaban J connectivity index is 2.64. The van der Waals surface area contributed by atoms with Crippen LogP contribution in [0.5, 0.6) is 0 Å². The lowest BCUT2D eigenvalue weighted by atomic mass is 10.0. The smallest absolute Gasteiger partial charge is 0.460 e. The van der Waals surface area contributed by atoms with Crippen molar-refractivity contribution in [2.75, 3.05) is 4.72 Å². The summed E-state index contributed by atoms with van der Waals surface area (Å²) < 4.78 is 66.5. The van der Waals surface area contributed by atoms with Crippen LogP contribution in [-0.4, -0.2) is 19.7 Å². The SMILES string of the molecule is CC(=O)c1c(C)oc2c(C)cc(NS(=O)(=O)C(F)(F)F)cc12. The predicted molar refractivity (Wildman–Crippen MR) is 74.3 cm³/mol. The van der Waals surface area contributed by atoms with E-state index >= 15 is 0 Å². The fourth-order valence-corrected chi connectivity index (χ4v) is 2.74. The lowest BCUT2D eigenvalue weighted by molar-refractivity contribution is -0.0429. The van der Waals surface area contributed by atoms with Crippen LogP contribution in [-0.2, 0) is 10.0 Å². The second kappa shape index (κ2) is 5.01. The van der Waals surface area contributed by atoms with E-state index in [1.807, 2.05) is 0 Å². The van der Waals surface area contributed by atoms with Crippen molar-refractivity contribution >= 4 is 32.5 Å². The molecule has 0 saturated heterocycles.